The van der Waals surface area contributed by atoms with Crippen molar-refractivity contribution in [2.45, 2.75) is 19.3 Å². The monoisotopic (exact) mass is 275 g/mol. The van der Waals surface area contributed by atoms with Crippen LogP contribution in [0.1, 0.15) is 16.9 Å². The summed E-state index contributed by atoms with van der Waals surface area (Å²) < 4.78 is 0. The Kier molecular flexibility index (Phi) is 5.12. The fraction of sp³-hybridized carbons (Fsp3) is 0.267. The van der Waals surface area contributed by atoms with E-state index in [0.29, 0.717) is 12.8 Å². The molecule has 0 unspecified atom stereocenters. The fourth-order valence-electron chi connectivity index (χ4n) is 1.80. The molecule has 0 fully saturated rings. The Hall–Kier alpha value is -1.65. The zero-order valence-electron chi connectivity index (χ0n) is 10.6. The SMILES string of the molecule is O=C(CCc1cccs1)Nc1ccc(CCO)cc1. The summed E-state index contributed by atoms with van der Waals surface area (Å²) in [5.74, 6) is 0.0308. The maximum atomic E-state index is 11.8. The first-order chi connectivity index (χ1) is 9.28. The fourth-order valence-corrected chi connectivity index (χ4v) is 2.51. The highest BCUT2D eigenvalue weighted by Crippen LogP contribution is 2.13. The molecule has 100 valence electrons. The van der Waals surface area contributed by atoms with E-state index < -0.39 is 0 Å². The van der Waals surface area contributed by atoms with Crippen molar-refractivity contribution in [3.8, 4) is 0 Å². The van der Waals surface area contributed by atoms with Crippen molar-refractivity contribution in [2.24, 2.45) is 0 Å². The van der Waals surface area contributed by atoms with E-state index in [-0.39, 0.29) is 12.5 Å². The summed E-state index contributed by atoms with van der Waals surface area (Å²) >= 11 is 1.67. The summed E-state index contributed by atoms with van der Waals surface area (Å²) in [5.41, 5.74) is 1.87. The Labute approximate surface area is 116 Å². The molecule has 1 aromatic carbocycles. The molecule has 0 saturated carbocycles. The van der Waals surface area contributed by atoms with Crippen molar-refractivity contribution in [1.29, 1.82) is 0 Å². The third kappa shape index (κ3) is 4.50. The molecule has 2 rings (SSSR count). The molecule has 2 aromatic rings. The number of thiophene rings is 1. The number of aliphatic hydroxyl groups is 1. The Morgan fingerprint density at radius 1 is 1.16 bits per heavy atom. The molecule has 4 heteroatoms. The molecule has 19 heavy (non-hydrogen) atoms. The highest BCUT2D eigenvalue weighted by molar-refractivity contribution is 7.09. The van der Waals surface area contributed by atoms with Gasteiger partial charge in [0.1, 0.15) is 0 Å². The highest BCUT2D eigenvalue weighted by Gasteiger charge is 2.03. The Morgan fingerprint density at radius 3 is 2.58 bits per heavy atom. The van der Waals surface area contributed by atoms with E-state index >= 15 is 0 Å². The lowest BCUT2D eigenvalue weighted by molar-refractivity contribution is -0.116. The van der Waals surface area contributed by atoms with Crippen LogP contribution in [0.15, 0.2) is 41.8 Å². The van der Waals surface area contributed by atoms with Gasteiger partial charge in [-0.1, -0.05) is 18.2 Å². The first-order valence-electron chi connectivity index (χ1n) is 6.30. The van der Waals surface area contributed by atoms with Crippen LogP contribution in [0.2, 0.25) is 0 Å². The number of amides is 1. The summed E-state index contributed by atoms with van der Waals surface area (Å²) in [5, 5.41) is 13.7. The molecule has 0 atom stereocenters. The zero-order chi connectivity index (χ0) is 13.5. The topological polar surface area (TPSA) is 49.3 Å². The Morgan fingerprint density at radius 2 is 1.95 bits per heavy atom. The quantitative estimate of drug-likeness (QED) is 0.851. The van der Waals surface area contributed by atoms with Gasteiger partial charge in [0.2, 0.25) is 5.91 Å². The standard InChI is InChI=1S/C15H17NO2S/c17-10-9-12-3-5-13(6-4-12)16-15(18)8-7-14-2-1-11-19-14/h1-6,11,17H,7-10H2,(H,16,18). The van der Waals surface area contributed by atoms with Crippen molar-refractivity contribution < 1.29 is 9.90 Å². The van der Waals surface area contributed by atoms with Crippen molar-refractivity contribution >= 4 is 22.9 Å². The van der Waals surface area contributed by atoms with Crippen LogP contribution in [0.5, 0.6) is 0 Å². The van der Waals surface area contributed by atoms with Gasteiger partial charge in [-0.05, 0) is 42.0 Å². The molecule has 0 aliphatic rings. The molecule has 0 bridgehead atoms. The second-order valence-electron chi connectivity index (χ2n) is 4.30. The van der Waals surface area contributed by atoms with Crippen molar-refractivity contribution in [3.05, 3.63) is 52.2 Å². The number of aliphatic hydroxyl groups excluding tert-OH is 1. The lowest BCUT2D eigenvalue weighted by Gasteiger charge is -2.05. The Balaban J connectivity index is 1.81. The first-order valence-corrected chi connectivity index (χ1v) is 7.18. The summed E-state index contributed by atoms with van der Waals surface area (Å²) in [6.45, 7) is 0.145. The smallest absolute Gasteiger partial charge is 0.224 e. The maximum absolute atomic E-state index is 11.8. The van der Waals surface area contributed by atoms with Gasteiger partial charge in [-0.2, -0.15) is 0 Å². The normalized spacial score (nSPS) is 10.4. The minimum absolute atomic E-state index is 0.0308. The maximum Gasteiger partial charge on any atom is 0.224 e. The molecule has 0 aliphatic carbocycles. The van der Waals surface area contributed by atoms with E-state index in [2.05, 4.69) is 5.32 Å². The van der Waals surface area contributed by atoms with Crippen LogP contribution in [-0.2, 0) is 17.6 Å². The van der Waals surface area contributed by atoms with Crippen molar-refractivity contribution in [2.75, 3.05) is 11.9 Å². The molecule has 0 saturated heterocycles. The summed E-state index contributed by atoms with van der Waals surface area (Å²) in [7, 11) is 0. The number of carbonyl (C=O) groups is 1. The predicted octanol–water partition coefficient (Wildman–Crippen LogP) is 2.85. The molecular formula is C15H17NO2S. The van der Waals surface area contributed by atoms with Gasteiger partial charge in [0, 0.05) is 23.6 Å². The Bertz CT molecular complexity index is 505. The van der Waals surface area contributed by atoms with Gasteiger partial charge in [-0.15, -0.1) is 11.3 Å². The van der Waals surface area contributed by atoms with Gasteiger partial charge in [-0.3, -0.25) is 4.79 Å². The molecule has 1 amide bonds. The minimum atomic E-state index is 0.0308. The molecule has 2 N–H and O–H groups in total. The van der Waals surface area contributed by atoms with Crippen LogP contribution in [0, 0.1) is 0 Å². The summed E-state index contributed by atoms with van der Waals surface area (Å²) in [4.78, 5) is 13.0. The number of nitrogens with one attached hydrogen (secondary N) is 1. The third-order valence-corrected chi connectivity index (χ3v) is 3.75. The average molecular weight is 275 g/mol. The van der Waals surface area contributed by atoms with E-state index in [1.807, 2.05) is 41.8 Å². The van der Waals surface area contributed by atoms with Gasteiger partial charge < -0.3 is 10.4 Å². The predicted molar refractivity (Wildman–Crippen MR) is 78.5 cm³/mol. The molecule has 1 aromatic heterocycles. The van der Waals surface area contributed by atoms with E-state index in [4.69, 9.17) is 5.11 Å². The molecular weight excluding hydrogens is 258 g/mol. The average Bonchev–Trinajstić information content (AvgIpc) is 2.92. The summed E-state index contributed by atoms with van der Waals surface area (Å²) in [6, 6.07) is 11.6. The number of aryl methyl sites for hydroxylation is 1. The van der Waals surface area contributed by atoms with E-state index in [1.165, 1.54) is 4.88 Å². The highest BCUT2D eigenvalue weighted by atomic mass is 32.1. The van der Waals surface area contributed by atoms with Crippen LogP contribution in [-0.4, -0.2) is 17.6 Å². The number of hydrogen-bond acceptors (Lipinski definition) is 3. The van der Waals surface area contributed by atoms with Crippen LogP contribution < -0.4 is 5.32 Å². The summed E-state index contributed by atoms with van der Waals surface area (Å²) in [6.07, 6.45) is 1.93. The second kappa shape index (κ2) is 7.07. The number of benzene rings is 1. The van der Waals surface area contributed by atoms with Gasteiger partial charge in [0.05, 0.1) is 0 Å². The third-order valence-electron chi connectivity index (χ3n) is 2.82. The number of rotatable bonds is 6. The molecule has 0 spiro atoms. The van der Waals surface area contributed by atoms with Crippen LogP contribution in [0.25, 0.3) is 0 Å². The van der Waals surface area contributed by atoms with Crippen molar-refractivity contribution in [3.63, 3.8) is 0 Å². The molecule has 1 heterocycles. The first kappa shape index (κ1) is 13.8. The van der Waals surface area contributed by atoms with Gasteiger partial charge >= 0.3 is 0 Å². The molecule has 0 radical (unpaired) electrons. The van der Waals surface area contributed by atoms with Crippen LogP contribution in [0.4, 0.5) is 5.69 Å². The zero-order valence-corrected chi connectivity index (χ0v) is 11.5. The van der Waals surface area contributed by atoms with Crippen LogP contribution >= 0.6 is 11.3 Å². The van der Waals surface area contributed by atoms with Crippen LogP contribution in [0.3, 0.4) is 0 Å². The van der Waals surface area contributed by atoms with E-state index in [9.17, 15) is 4.79 Å². The second-order valence-corrected chi connectivity index (χ2v) is 5.33. The van der Waals surface area contributed by atoms with E-state index in [0.717, 1.165) is 17.7 Å². The minimum Gasteiger partial charge on any atom is -0.396 e. The van der Waals surface area contributed by atoms with Gasteiger partial charge in [-0.25, -0.2) is 0 Å². The molecule has 0 aliphatic heterocycles. The molecule has 3 nitrogen and oxygen atoms in total. The lowest BCUT2D eigenvalue weighted by atomic mass is 10.1. The van der Waals surface area contributed by atoms with Crippen molar-refractivity contribution in [1.82, 2.24) is 0 Å². The van der Waals surface area contributed by atoms with Gasteiger partial charge in [0.15, 0.2) is 0 Å². The van der Waals surface area contributed by atoms with E-state index in [1.54, 1.807) is 11.3 Å². The number of anilines is 1. The lowest BCUT2D eigenvalue weighted by Crippen LogP contribution is -2.12. The number of carbonyl (C=O) groups excluding carboxylic acids is 1. The number of hydrogen-bond donors (Lipinski definition) is 2. The largest absolute Gasteiger partial charge is 0.396 e. The van der Waals surface area contributed by atoms with Gasteiger partial charge in [0.25, 0.3) is 0 Å².